The number of cyclic esters (lactones) is 1. The summed E-state index contributed by atoms with van der Waals surface area (Å²) >= 11 is 0. The second-order valence-electron chi connectivity index (χ2n) is 5.36. The minimum absolute atomic E-state index is 0.325. The Bertz CT molecular complexity index is 754. The minimum atomic E-state index is -0.902. The second-order valence-corrected chi connectivity index (χ2v) is 5.36. The van der Waals surface area contributed by atoms with Crippen LogP contribution in [0.3, 0.4) is 0 Å². The molecule has 2 aromatic carbocycles. The molecule has 2 aromatic rings. The number of hydrogen-bond acceptors (Lipinski definition) is 5. The Morgan fingerprint density at radius 1 is 0.957 bits per heavy atom. The van der Waals surface area contributed by atoms with Crippen LogP contribution in [0.25, 0.3) is 0 Å². The van der Waals surface area contributed by atoms with Crippen LogP contribution >= 0.6 is 0 Å². The third-order valence-corrected chi connectivity index (χ3v) is 4.17. The van der Waals surface area contributed by atoms with Gasteiger partial charge in [-0.05, 0) is 18.6 Å². The van der Waals surface area contributed by atoms with Crippen molar-refractivity contribution in [3.8, 4) is 17.2 Å². The van der Waals surface area contributed by atoms with Crippen molar-refractivity contribution in [3.05, 3.63) is 53.1 Å². The fourth-order valence-corrected chi connectivity index (χ4v) is 3.00. The summed E-state index contributed by atoms with van der Waals surface area (Å²) in [7, 11) is 4.54. The van der Waals surface area contributed by atoms with Gasteiger partial charge in [-0.15, -0.1) is 0 Å². The molecule has 0 N–H and O–H groups in total. The van der Waals surface area contributed by atoms with E-state index in [4.69, 9.17) is 18.9 Å². The lowest BCUT2D eigenvalue weighted by Crippen LogP contribution is -2.23. The van der Waals surface area contributed by atoms with Gasteiger partial charge in [0.1, 0.15) is 5.56 Å². The van der Waals surface area contributed by atoms with Gasteiger partial charge in [0.15, 0.2) is 17.1 Å². The van der Waals surface area contributed by atoms with E-state index in [0.29, 0.717) is 28.4 Å². The average Bonchev–Trinajstić information content (AvgIpc) is 2.85. The zero-order chi connectivity index (χ0) is 16.6. The number of ether oxygens (including phenoxy) is 4. The normalized spacial score (nSPS) is 19.0. The summed E-state index contributed by atoms with van der Waals surface area (Å²) < 4.78 is 21.9. The maximum absolute atomic E-state index is 12.5. The van der Waals surface area contributed by atoms with Crippen LogP contribution in [-0.2, 0) is 10.3 Å². The first-order valence-electron chi connectivity index (χ1n) is 7.19. The summed E-state index contributed by atoms with van der Waals surface area (Å²) in [6.45, 7) is 1.86. The molecule has 0 aliphatic carbocycles. The highest BCUT2D eigenvalue weighted by Gasteiger charge is 2.46. The molecule has 1 atom stereocenters. The fraction of sp³-hybridized carbons (Fsp3) is 0.278. The van der Waals surface area contributed by atoms with Crippen molar-refractivity contribution >= 4 is 5.97 Å². The van der Waals surface area contributed by atoms with Gasteiger partial charge < -0.3 is 18.9 Å². The number of esters is 1. The number of carbonyl (C=O) groups is 1. The number of carbonyl (C=O) groups excluding carboxylic acids is 1. The first kappa shape index (κ1) is 15.2. The molecule has 0 spiro atoms. The molecule has 0 fully saturated rings. The molecule has 0 saturated carbocycles. The van der Waals surface area contributed by atoms with E-state index < -0.39 is 11.6 Å². The van der Waals surface area contributed by atoms with Crippen molar-refractivity contribution in [1.29, 1.82) is 0 Å². The third-order valence-electron chi connectivity index (χ3n) is 4.17. The molecule has 120 valence electrons. The molecule has 3 rings (SSSR count). The molecule has 5 heteroatoms. The topological polar surface area (TPSA) is 54.0 Å². The lowest BCUT2D eigenvalue weighted by molar-refractivity contribution is 0.0179. The van der Waals surface area contributed by atoms with Gasteiger partial charge in [0.05, 0.1) is 21.3 Å². The summed E-state index contributed by atoms with van der Waals surface area (Å²) in [4.78, 5) is 12.5. The molecule has 1 unspecified atom stereocenters. The Hall–Kier alpha value is -2.69. The Morgan fingerprint density at radius 3 is 2.17 bits per heavy atom. The Balaban J connectivity index is 2.31. The van der Waals surface area contributed by atoms with E-state index in [9.17, 15) is 4.79 Å². The molecule has 0 bridgehead atoms. The molecule has 1 heterocycles. The molecule has 0 saturated heterocycles. The predicted molar refractivity (Wildman–Crippen MR) is 84.4 cm³/mol. The summed E-state index contributed by atoms with van der Waals surface area (Å²) in [5, 5.41) is 0. The van der Waals surface area contributed by atoms with Crippen LogP contribution in [0.15, 0.2) is 36.4 Å². The highest BCUT2D eigenvalue weighted by Crippen LogP contribution is 2.51. The quantitative estimate of drug-likeness (QED) is 0.812. The van der Waals surface area contributed by atoms with Crippen molar-refractivity contribution in [3.63, 3.8) is 0 Å². The fourth-order valence-electron chi connectivity index (χ4n) is 3.00. The highest BCUT2D eigenvalue weighted by molar-refractivity contribution is 6.00. The van der Waals surface area contributed by atoms with E-state index in [1.165, 1.54) is 14.2 Å². The summed E-state index contributed by atoms with van der Waals surface area (Å²) in [6, 6.07) is 11.3. The Morgan fingerprint density at radius 2 is 1.61 bits per heavy atom. The van der Waals surface area contributed by atoms with E-state index in [0.717, 1.165) is 5.56 Å². The second kappa shape index (κ2) is 5.50. The van der Waals surface area contributed by atoms with Gasteiger partial charge in [-0.25, -0.2) is 4.79 Å². The van der Waals surface area contributed by atoms with E-state index in [1.807, 2.05) is 37.3 Å². The lowest BCUT2D eigenvalue weighted by Gasteiger charge is -2.25. The van der Waals surface area contributed by atoms with Crippen LogP contribution in [0, 0.1) is 0 Å². The number of hydrogen-bond donors (Lipinski definition) is 0. The molecule has 5 nitrogen and oxygen atoms in total. The van der Waals surface area contributed by atoms with Crippen molar-refractivity contribution in [2.75, 3.05) is 21.3 Å². The molecule has 1 aliphatic rings. The first-order valence-corrected chi connectivity index (χ1v) is 7.19. The van der Waals surface area contributed by atoms with E-state index in [2.05, 4.69) is 0 Å². The van der Waals surface area contributed by atoms with E-state index >= 15 is 0 Å². The maximum atomic E-state index is 12.5. The van der Waals surface area contributed by atoms with Gasteiger partial charge in [-0.2, -0.15) is 0 Å². The van der Waals surface area contributed by atoms with Crippen molar-refractivity contribution in [2.24, 2.45) is 0 Å². The highest BCUT2D eigenvalue weighted by atomic mass is 16.6. The zero-order valence-corrected chi connectivity index (χ0v) is 13.5. The molecular weight excluding hydrogens is 296 g/mol. The Kier molecular flexibility index (Phi) is 3.64. The van der Waals surface area contributed by atoms with Gasteiger partial charge in [-0.1, -0.05) is 30.3 Å². The number of rotatable bonds is 4. The van der Waals surface area contributed by atoms with Gasteiger partial charge in [0.25, 0.3) is 0 Å². The lowest BCUT2D eigenvalue weighted by atomic mass is 9.86. The minimum Gasteiger partial charge on any atom is -0.493 e. The predicted octanol–water partition coefficient (Wildman–Crippen LogP) is 3.15. The van der Waals surface area contributed by atoms with Crippen LogP contribution in [-0.4, -0.2) is 27.3 Å². The van der Waals surface area contributed by atoms with Crippen molar-refractivity contribution in [1.82, 2.24) is 0 Å². The molecule has 0 amide bonds. The number of benzene rings is 2. The van der Waals surface area contributed by atoms with Gasteiger partial charge in [0, 0.05) is 5.56 Å². The first-order chi connectivity index (χ1) is 11.1. The molecule has 0 aromatic heterocycles. The summed E-state index contributed by atoms with van der Waals surface area (Å²) in [6.07, 6.45) is 0. The van der Waals surface area contributed by atoms with Gasteiger partial charge in [-0.3, -0.25) is 0 Å². The Labute approximate surface area is 134 Å². The van der Waals surface area contributed by atoms with E-state index in [-0.39, 0.29) is 0 Å². The number of fused-ring (bicyclic) bond motifs is 1. The van der Waals surface area contributed by atoms with Crippen LogP contribution in [0.2, 0.25) is 0 Å². The molecular formula is C18H18O5. The van der Waals surface area contributed by atoms with Gasteiger partial charge >= 0.3 is 5.97 Å². The zero-order valence-electron chi connectivity index (χ0n) is 13.5. The van der Waals surface area contributed by atoms with E-state index in [1.54, 1.807) is 13.2 Å². The van der Waals surface area contributed by atoms with Crippen LogP contribution in [0.4, 0.5) is 0 Å². The monoisotopic (exact) mass is 314 g/mol. The summed E-state index contributed by atoms with van der Waals surface area (Å²) in [5.41, 5.74) is 1.04. The van der Waals surface area contributed by atoms with Gasteiger partial charge in [0.2, 0.25) is 5.75 Å². The average molecular weight is 314 g/mol. The van der Waals surface area contributed by atoms with Crippen molar-refractivity contribution < 1.29 is 23.7 Å². The van der Waals surface area contributed by atoms with Crippen molar-refractivity contribution in [2.45, 2.75) is 12.5 Å². The smallest absolute Gasteiger partial charge is 0.343 e. The molecule has 0 radical (unpaired) electrons. The largest absolute Gasteiger partial charge is 0.493 e. The number of methoxy groups -OCH3 is 3. The molecule has 1 aliphatic heterocycles. The maximum Gasteiger partial charge on any atom is 0.343 e. The van der Waals surface area contributed by atoms with Crippen LogP contribution in [0.5, 0.6) is 17.2 Å². The van der Waals surface area contributed by atoms with Crippen LogP contribution < -0.4 is 14.2 Å². The van der Waals surface area contributed by atoms with Crippen LogP contribution in [0.1, 0.15) is 28.4 Å². The SMILES string of the molecule is COc1cc2c(c(OC)c1OC)C(=O)OC2(C)c1ccccc1. The summed E-state index contributed by atoms with van der Waals surface area (Å²) in [5.74, 6) is 0.752. The molecule has 23 heavy (non-hydrogen) atoms. The third kappa shape index (κ3) is 2.11. The standard InChI is InChI=1S/C18H18O5/c1-18(11-8-6-5-7-9-11)12-10-13(20-2)15(21-3)16(22-4)14(12)17(19)23-18/h5-10H,1-4H3.